The van der Waals surface area contributed by atoms with Crippen molar-refractivity contribution in [2.24, 2.45) is 0 Å². The molecule has 2 heterocycles. The van der Waals surface area contributed by atoms with Crippen molar-refractivity contribution in [2.45, 2.75) is 38.1 Å². The van der Waals surface area contributed by atoms with Gasteiger partial charge in [-0.25, -0.2) is 0 Å². The molecule has 0 spiro atoms. The second kappa shape index (κ2) is 8.00. The van der Waals surface area contributed by atoms with Crippen LogP contribution in [0.25, 0.3) is 0 Å². The Morgan fingerprint density at radius 3 is 2.62 bits per heavy atom. The summed E-state index contributed by atoms with van der Waals surface area (Å²) in [6.45, 7) is 3.74. The number of aromatic nitrogens is 1. The minimum atomic E-state index is 0.280. The van der Waals surface area contributed by atoms with E-state index in [1.807, 2.05) is 23.2 Å². The lowest BCUT2D eigenvalue weighted by Gasteiger charge is -2.41. The summed E-state index contributed by atoms with van der Waals surface area (Å²) < 4.78 is 0. The van der Waals surface area contributed by atoms with Gasteiger partial charge in [-0.3, -0.25) is 14.7 Å². The normalized spacial score (nSPS) is 20.6. The summed E-state index contributed by atoms with van der Waals surface area (Å²) in [5, 5.41) is 0. The Morgan fingerprint density at radius 1 is 1.04 bits per heavy atom. The maximum atomic E-state index is 12.5. The molecule has 4 heteroatoms. The molecule has 2 aromatic rings. The molecule has 1 saturated heterocycles. The van der Waals surface area contributed by atoms with Crippen molar-refractivity contribution in [3.63, 3.8) is 0 Å². The molecule has 1 aromatic heterocycles. The highest BCUT2D eigenvalue weighted by Gasteiger charge is 2.28. The van der Waals surface area contributed by atoms with Gasteiger partial charge in [0.2, 0.25) is 5.91 Å². The third-order valence-corrected chi connectivity index (χ3v) is 5.85. The third-order valence-electron chi connectivity index (χ3n) is 5.85. The third kappa shape index (κ3) is 3.96. The summed E-state index contributed by atoms with van der Waals surface area (Å²) in [6, 6.07) is 13.5. The summed E-state index contributed by atoms with van der Waals surface area (Å²) in [5.74, 6) is 0.280. The first-order valence-corrected chi connectivity index (χ1v) is 9.77. The Balaban J connectivity index is 1.26. The molecule has 1 atom stereocenters. The zero-order valence-corrected chi connectivity index (χ0v) is 15.3. The van der Waals surface area contributed by atoms with Gasteiger partial charge in [0.15, 0.2) is 0 Å². The van der Waals surface area contributed by atoms with Crippen LogP contribution >= 0.6 is 0 Å². The van der Waals surface area contributed by atoms with Crippen molar-refractivity contribution in [2.75, 3.05) is 26.2 Å². The molecule has 2 aliphatic rings. The number of piperazine rings is 1. The van der Waals surface area contributed by atoms with Crippen LogP contribution < -0.4 is 0 Å². The molecule has 0 bridgehead atoms. The van der Waals surface area contributed by atoms with Crippen LogP contribution in [0.5, 0.6) is 0 Å². The highest BCUT2D eigenvalue weighted by Crippen LogP contribution is 2.25. The van der Waals surface area contributed by atoms with Gasteiger partial charge in [0.1, 0.15) is 0 Å². The van der Waals surface area contributed by atoms with Gasteiger partial charge in [-0.1, -0.05) is 30.3 Å². The fourth-order valence-electron chi connectivity index (χ4n) is 4.28. The zero-order chi connectivity index (χ0) is 17.8. The summed E-state index contributed by atoms with van der Waals surface area (Å²) in [5.41, 5.74) is 4.17. The topological polar surface area (TPSA) is 36.4 Å². The summed E-state index contributed by atoms with van der Waals surface area (Å²) in [6.07, 6.45) is 8.58. The Bertz CT molecular complexity index is 738. The molecule has 4 nitrogen and oxygen atoms in total. The van der Waals surface area contributed by atoms with Crippen LogP contribution in [0.15, 0.2) is 48.8 Å². The number of carbonyl (C=O) groups is 1. The monoisotopic (exact) mass is 349 g/mol. The standard InChI is InChI=1S/C22H27N3O/c26-22(10-7-18-4-3-11-23-17-18)25-14-12-24(13-15-25)21-9-8-19-5-1-2-6-20(19)16-21/h1-6,11,17,21H,7-10,12-16H2. The quantitative estimate of drug-likeness (QED) is 0.852. The van der Waals surface area contributed by atoms with Crippen LogP contribution in [0.3, 0.4) is 0 Å². The fourth-order valence-corrected chi connectivity index (χ4v) is 4.28. The van der Waals surface area contributed by atoms with Crippen molar-refractivity contribution in [3.8, 4) is 0 Å². The molecule has 1 aliphatic carbocycles. The summed E-state index contributed by atoms with van der Waals surface area (Å²) in [7, 11) is 0. The van der Waals surface area contributed by atoms with Crippen molar-refractivity contribution >= 4 is 5.91 Å². The van der Waals surface area contributed by atoms with Crippen LogP contribution in [0, 0.1) is 0 Å². The average Bonchev–Trinajstić information content (AvgIpc) is 2.72. The van der Waals surface area contributed by atoms with Crippen molar-refractivity contribution in [1.29, 1.82) is 0 Å². The average molecular weight is 349 g/mol. The van der Waals surface area contributed by atoms with Crippen LogP contribution in [0.4, 0.5) is 0 Å². The van der Waals surface area contributed by atoms with Gasteiger partial charge < -0.3 is 4.90 Å². The molecule has 0 radical (unpaired) electrons. The fraction of sp³-hybridized carbons (Fsp3) is 0.455. The smallest absolute Gasteiger partial charge is 0.222 e. The van der Waals surface area contributed by atoms with E-state index in [9.17, 15) is 4.79 Å². The molecule has 4 rings (SSSR count). The van der Waals surface area contributed by atoms with Crippen LogP contribution in [-0.4, -0.2) is 52.9 Å². The van der Waals surface area contributed by atoms with Gasteiger partial charge in [-0.2, -0.15) is 0 Å². The molecule has 1 aliphatic heterocycles. The van der Waals surface area contributed by atoms with Gasteiger partial charge >= 0.3 is 0 Å². The Labute approximate surface area is 155 Å². The molecule has 1 amide bonds. The minimum absolute atomic E-state index is 0.280. The number of hydrogen-bond acceptors (Lipinski definition) is 3. The number of fused-ring (bicyclic) bond motifs is 1. The number of benzene rings is 1. The minimum Gasteiger partial charge on any atom is -0.340 e. The van der Waals surface area contributed by atoms with Crippen molar-refractivity contribution in [1.82, 2.24) is 14.8 Å². The Morgan fingerprint density at radius 2 is 1.85 bits per heavy atom. The number of hydrogen-bond donors (Lipinski definition) is 0. The lowest BCUT2D eigenvalue weighted by Crippen LogP contribution is -2.53. The molecular weight excluding hydrogens is 322 g/mol. The molecule has 1 fully saturated rings. The van der Waals surface area contributed by atoms with Crippen molar-refractivity contribution < 1.29 is 4.79 Å². The van der Waals surface area contributed by atoms with E-state index in [1.54, 1.807) is 6.20 Å². The molecule has 136 valence electrons. The molecule has 0 N–H and O–H groups in total. The van der Waals surface area contributed by atoms with Crippen molar-refractivity contribution in [3.05, 3.63) is 65.5 Å². The maximum Gasteiger partial charge on any atom is 0.222 e. The first-order valence-electron chi connectivity index (χ1n) is 9.77. The Hall–Kier alpha value is -2.20. The zero-order valence-electron chi connectivity index (χ0n) is 15.3. The van der Waals surface area contributed by atoms with Gasteiger partial charge in [-0.05, 0) is 48.4 Å². The summed E-state index contributed by atoms with van der Waals surface area (Å²) >= 11 is 0. The van der Waals surface area contributed by atoms with E-state index in [4.69, 9.17) is 0 Å². The molecular formula is C22H27N3O. The van der Waals surface area contributed by atoms with Crippen LogP contribution in [0.2, 0.25) is 0 Å². The van der Waals surface area contributed by atoms with E-state index in [-0.39, 0.29) is 5.91 Å². The van der Waals surface area contributed by atoms with Crippen LogP contribution in [0.1, 0.15) is 29.5 Å². The van der Waals surface area contributed by atoms with E-state index >= 15 is 0 Å². The lowest BCUT2D eigenvalue weighted by atomic mass is 9.87. The number of carbonyl (C=O) groups excluding carboxylic acids is 1. The van der Waals surface area contributed by atoms with E-state index < -0.39 is 0 Å². The van der Waals surface area contributed by atoms with Gasteiger partial charge in [0.05, 0.1) is 0 Å². The Kier molecular flexibility index (Phi) is 5.30. The van der Waals surface area contributed by atoms with E-state index in [1.165, 1.54) is 24.0 Å². The van der Waals surface area contributed by atoms with E-state index in [0.29, 0.717) is 12.5 Å². The highest BCUT2D eigenvalue weighted by molar-refractivity contribution is 5.76. The van der Waals surface area contributed by atoms with Gasteiger partial charge in [0, 0.05) is 51.0 Å². The number of pyridine rings is 1. The number of rotatable bonds is 4. The predicted molar refractivity (Wildman–Crippen MR) is 103 cm³/mol. The SMILES string of the molecule is O=C(CCc1cccnc1)N1CCN(C2CCc3ccccc3C2)CC1. The molecule has 1 unspecified atom stereocenters. The van der Waals surface area contributed by atoms with Gasteiger partial charge in [-0.15, -0.1) is 0 Å². The number of amides is 1. The molecule has 26 heavy (non-hydrogen) atoms. The van der Waals surface area contributed by atoms with Gasteiger partial charge in [0.25, 0.3) is 0 Å². The largest absolute Gasteiger partial charge is 0.340 e. The maximum absolute atomic E-state index is 12.5. The first-order chi connectivity index (χ1) is 12.8. The predicted octanol–water partition coefficient (Wildman–Crippen LogP) is 2.72. The second-order valence-electron chi connectivity index (χ2n) is 7.44. The summed E-state index contributed by atoms with van der Waals surface area (Å²) in [4.78, 5) is 21.3. The van der Waals surface area contributed by atoms with E-state index in [0.717, 1.165) is 44.6 Å². The van der Waals surface area contributed by atoms with E-state index in [2.05, 4.69) is 34.1 Å². The highest BCUT2D eigenvalue weighted by atomic mass is 16.2. The second-order valence-corrected chi connectivity index (χ2v) is 7.44. The first kappa shape index (κ1) is 17.2. The molecule has 0 saturated carbocycles. The van der Waals surface area contributed by atoms with Crippen LogP contribution in [-0.2, 0) is 24.1 Å². The number of aryl methyl sites for hydroxylation is 2. The molecule has 1 aromatic carbocycles. The lowest BCUT2D eigenvalue weighted by molar-refractivity contribution is -0.133. The number of nitrogens with zero attached hydrogens (tertiary/aromatic N) is 3.